The van der Waals surface area contributed by atoms with E-state index in [1.54, 1.807) is 25.7 Å². The van der Waals surface area contributed by atoms with Crippen LogP contribution < -0.4 is 5.32 Å². The van der Waals surface area contributed by atoms with Gasteiger partial charge in [0, 0.05) is 13.1 Å². The van der Waals surface area contributed by atoms with Crippen LogP contribution in [-0.4, -0.2) is 52.1 Å². The molecule has 2 heterocycles. The highest BCUT2D eigenvalue weighted by Crippen LogP contribution is 2.23. The molecule has 2 rings (SSSR count). The van der Waals surface area contributed by atoms with Gasteiger partial charge in [-0.3, -0.25) is 9.59 Å². The van der Waals surface area contributed by atoms with Crippen molar-refractivity contribution in [2.45, 2.75) is 31.8 Å². The van der Waals surface area contributed by atoms with Crippen molar-refractivity contribution in [3.8, 4) is 0 Å². The van der Waals surface area contributed by atoms with E-state index >= 15 is 0 Å². The minimum Gasteiger partial charge on any atom is -0.353 e. The predicted molar refractivity (Wildman–Crippen MR) is 76.8 cm³/mol. The van der Waals surface area contributed by atoms with Crippen LogP contribution in [0.2, 0.25) is 0 Å². The van der Waals surface area contributed by atoms with Gasteiger partial charge in [-0.1, -0.05) is 0 Å². The van der Waals surface area contributed by atoms with Crippen LogP contribution in [0.5, 0.6) is 0 Å². The number of rotatable bonds is 2. The number of aromatic nitrogens is 2. The molecule has 1 fully saturated rings. The molecule has 6 nitrogen and oxygen atoms in total. The van der Waals surface area contributed by atoms with E-state index < -0.39 is 6.04 Å². The van der Waals surface area contributed by atoms with Crippen LogP contribution in [0.4, 0.5) is 0 Å². The molecule has 7 heteroatoms. The maximum Gasteiger partial charge on any atom is 0.259 e. The molecule has 1 aliphatic rings. The number of nitrogens with zero attached hydrogens (tertiary/aromatic N) is 3. The van der Waals surface area contributed by atoms with Crippen molar-refractivity contribution in [1.82, 2.24) is 20.2 Å². The Hall–Kier alpha value is -1.63. The topological polar surface area (TPSA) is 75.2 Å². The van der Waals surface area contributed by atoms with Gasteiger partial charge >= 0.3 is 0 Å². The Labute approximate surface area is 122 Å². The molecule has 1 saturated heterocycles. The van der Waals surface area contributed by atoms with Crippen molar-refractivity contribution in [3.05, 3.63) is 17.1 Å². The lowest BCUT2D eigenvalue weighted by atomic mass is 10.1. The van der Waals surface area contributed by atoms with Gasteiger partial charge in [-0.05, 0) is 27.0 Å². The van der Waals surface area contributed by atoms with E-state index in [9.17, 15) is 9.59 Å². The largest absolute Gasteiger partial charge is 0.353 e. The molecule has 1 aromatic rings. The molecule has 2 amide bonds. The van der Waals surface area contributed by atoms with Crippen LogP contribution in [0.15, 0.2) is 5.03 Å². The standard InChI is InChI=1S/C13H18N4O2S/c1-7-10(12(20-4)16-9(3)15-7)13(19)17-6-5-14-11(18)8(17)2/h8H,5-6H2,1-4H3,(H,14,18). The summed E-state index contributed by atoms with van der Waals surface area (Å²) in [5.74, 6) is 0.350. The third kappa shape index (κ3) is 2.63. The van der Waals surface area contributed by atoms with E-state index in [0.717, 1.165) is 0 Å². The van der Waals surface area contributed by atoms with E-state index in [4.69, 9.17) is 0 Å². The number of aryl methyl sites for hydroxylation is 2. The SMILES string of the molecule is CSc1nc(C)nc(C)c1C(=O)N1CCNC(=O)C1C. The normalized spacial score (nSPS) is 18.9. The molecule has 0 aliphatic carbocycles. The molecular formula is C13H18N4O2S. The van der Waals surface area contributed by atoms with Crippen molar-refractivity contribution in [1.29, 1.82) is 0 Å². The van der Waals surface area contributed by atoms with Crippen molar-refractivity contribution < 1.29 is 9.59 Å². The number of carbonyl (C=O) groups excluding carboxylic acids is 2. The van der Waals surface area contributed by atoms with Crippen LogP contribution in [0.25, 0.3) is 0 Å². The van der Waals surface area contributed by atoms with Gasteiger partial charge in [0.1, 0.15) is 16.9 Å². The molecule has 1 aliphatic heterocycles. The summed E-state index contributed by atoms with van der Waals surface area (Å²) < 4.78 is 0. The lowest BCUT2D eigenvalue weighted by Gasteiger charge is -2.33. The minimum absolute atomic E-state index is 0.124. The third-order valence-electron chi connectivity index (χ3n) is 3.34. The first-order chi connectivity index (χ1) is 9.45. The number of hydrogen-bond donors (Lipinski definition) is 1. The fourth-order valence-electron chi connectivity index (χ4n) is 2.28. The summed E-state index contributed by atoms with van der Waals surface area (Å²) in [5, 5.41) is 3.42. The van der Waals surface area contributed by atoms with Gasteiger partial charge in [0.05, 0.1) is 11.3 Å². The second-order valence-corrected chi connectivity index (χ2v) is 5.50. The van der Waals surface area contributed by atoms with E-state index in [2.05, 4.69) is 15.3 Å². The number of hydrogen-bond acceptors (Lipinski definition) is 5. The van der Waals surface area contributed by atoms with E-state index in [-0.39, 0.29) is 11.8 Å². The summed E-state index contributed by atoms with van der Waals surface area (Å²) in [6.07, 6.45) is 1.88. The zero-order valence-corrected chi connectivity index (χ0v) is 12.9. The summed E-state index contributed by atoms with van der Waals surface area (Å²) in [6.45, 7) is 6.33. The fraction of sp³-hybridized carbons (Fsp3) is 0.538. The van der Waals surface area contributed by atoms with Gasteiger partial charge in [-0.15, -0.1) is 11.8 Å². The van der Waals surface area contributed by atoms with Gasteiger partial charge < -0.3 is 10.2 Å². The molecule has 0 aromatic carbocycles. The Balaban J connectivity index is 2.40. The monoisotopic (exact) mass is 294 g/mol. The smallest absolute Gasteiger partial charge is 0.259 e. The lowest BCUT2D eigenvalue weighted by Crippen LogP contribution is -2.56. The predicted octanol–water partition coefficient (Wildman–Crippen LogP) is 0.776. The highest BCUT2D eigenvalue weighted by Gasteiger charge is 2.32. The van der Waals surface area contributed by atoms with Crippen LogP contribution in [0, 0.1) is 13.8 Å². The molecule has 20 heavy (non-hydrogen) atoms. The average molecular weight is 294 g/mol. The highest BCUT2D eigenvalue weighted by molar-refractivity contribution is 7.98. The molecule has 1 aromatic heterocycles. The summed E-state index contributed by atoms with van der Waals surface area (Å²) in [6, 6.07) is -0.466. The average Bonchev–Trinajstić information content (AvgIpc) is 2.40. The fourth-order valence-corrected chi connectivity index (χ4v) is 2.94. The van der Waals surface area contributed by atoms with Crippen molar-refractivity contribution in [3.63, 3.8) is 0 Å². The Kier molecular flexibility index (Phi) is 4.27. The van der Waals surface area contributed by atoms with Crippen molar-refractivity contribution in [2.75, 3.05) is 19.3 Å². The van der Waals surface area contributed by atoms with E-state index in [1.165, 1.54) is 11.8 Å². The summed E-state index contributed by atoms with van der Waals surface area (Å²) >= 11 is 1.42. The molecule has 108 valence electrons. The maximum atomic E-state index is 12.7. The van der Waals surface area contributed by atoms with Crippen LogP contribution >= 0.6 is 11.8 Å². The molecule has 1 N–H and O–H groups in total. The molecule has 0 bridgehead atoms. The molecule has 0 radical (unpaired) electrons. The zero-order chi connectivity index (χ0) is 14.9. The minimum atomic E-state index is -0.466. The maximum absolute atomic E-state index is 12.7. The van der Waals surface area contributed by atoms with Crippen LogP contribution in [0.1, 0.15) is 28.8 Å². The second kappa shape index (κ2) is 5.78. The van der Waals surface area contributed by atoms with Gasteiger partial charge in [0.2, 0.25) is 5.91 Å². The molecule has 1 atom stereocenters. The van der Waals surface area contributed by atoms with Gasteiger partial charge in [0.15, 0.2) is 0 Å². The van der Waals surface area contributed by atoms with E-state index in [0.29, 0.717) is 35.2 Å². The Morgan fingerprint density at radius 1 is 1.40 bits per heavy atom. The number of piperazine rings is 1. The lowest BCUT2D eigenvalue weighted by molar-refractivity contribution is -0.127. The second-order valence-electron chi connectivity index (χ2n) is 4.71. The Morgan fingerprint density at radius 3 is 2.75 bits per heavy atom. The quantitative estimate of drug-likeness (QED) is 0.644. The Morgan fingerprint density at radius 2 is 2.10 bits per heavy atom. The van der Waals surface area contributed by atoms with Crippen LogP contribution in [0.3, 0.4) is 0 Å². The third-order valence-corrected chi connectivity index (χ3v) is 4.02. The molecule has 0 saturated carbocycles. The first-order valence-corrected chi connectivity index (χ1v) is 7.66. The molecular weight excluding hydrogens is 276 g/mol. The summed E-state index contributed by atoms with van der Waals surface area (Å²) in [4.78, 5) is 34.6. The van der Waals surface area contributed by atoms with E-state index in [1.807, 2.05) is 6.26 Å². The van der Waals surface area contributed by atoms with Gasteiger partial charge in [-0.2, -0.15) is 0 Å². The summed E-state index contributed by atoms with van der Waals surface area (Å²) in [7, 11) is 0. The molecule has 0 spiro atoms. The number of carbonyl (C=O) groups is 2. The number of amides is 2. The van der Waals surface area contributed by atoms with Crippen molar-refractivity contribution in [2.24, 2.45) is 0 Å². The zero-order valence-electron chi connectivity index (χ0n) is 12.1. The molecule has 1 unspecified atom stereocenters. The highest BCUT2D eigenvalue weighted by atomic mass is 32.2. The van der Waals surface area contributed by atoms with Crippen molar-refractivity contribution >= 4 is 23.6 Å². The first kappa shape index (κ1) is 14.8. The Bertz CT molecular complexity index is 562. The summed E-state index contributed by atoms with van der Waals surface area (Å²) in [5.41, 5.74) is 1.16. The number of thioether (sulfide) groups is 1. The van der Waals surface area contributed by atoms with Crippen LogP contribution in [-0.2, 0) is 4.79 Å². The number of nitrogens with one attached hydrogen (secondary N) is 1. The van der Waals surface area contributed by atoms with Gasteiger partial charge in [0.25, 0.3) is 5.91 Å². The first-order valence-electron chi connectivity index (χ1n) is 6.43. The van der Waals surface area contributed by atoms with Gasteiger partial charge in [-0.25, -0.2) is 9.97 Å².